The van der Waals surface area contributed by atoms with Crippen molar-refractivity contribution in [1.29, 1.82) is 10.7 Å². The van der Waals surface area contributed by atoms with E-state index < -0.39 is 38.8 Å². The van der Waals surface area contributed by atoms with E-state index >= 15 is 0 Å². The molecule has 0 aliphatic carbocycles. The minimum Gasteiger partial charge on any atom is -0.611 e. The fraction of sp³-hybridized carbons (Fsp3) is 0.190. The van der Waals surface area contributed by atoms with Crippen LogP contribution in [-0.2, 0) is 17.4 Å². The van der Waals surface area contributed by atoms with Crippen LogP contribution in [0.2, 0.25) is 10.0 Å². The maximum Gasteiger partial charge on any atom is 0.416 e. The summed E-state index contributed by atoms with van der Waals surface area (Å²) in [5.74, 6) is -0.575. The van der Waals surface area contributed by atoms with Gasteiger partial charge in [-0.3, -0.25) is 16.1 Å². The van der Waals surface area contributed by atoms with Crippen molar-refractivity contribution < 1.29 is 22.9 Å². The third kappa shape index (κ3) is 5.50. The van der Waals surface area contributed by atoms with Gasteiger partial charge in [-0.2, -0.15) is 23.5 Å². The number of anilines is 2. The number of nitriles is 1. The van der Waals surface area contributed by atoms with E-state index in [0.717, 1.165) is 4.68 Å². The molecule has 8 nitrogen and oxygen atoms in total. The minimum atomic E-state index is -4.72. The first-order valence-electron chi connectivity index (χ1n) is 9.72. The molecular formula is C21H17Cl2F3N6O2S. The van der Waals surface area contributed by atoms with E-state index in [1.165, 1.54) is 6.26 Å². The Hall–Kier alpha value is -2.95. The molecule has 0 radical (unpaired) electrons. The molecule has 0 saturated carbocycles. The topological polar surface area (TPSA) is 124 Å². The van der Waals surface area contributed by atoms with Crippen LogP contribution in [-0.4, -0.2) is 38.2 Å². The maximum atomic E-state index is 13.3. The summed E-state index contributed by atoms with van der Waals surface area (Å²) < 4.78 is 53.8. The lowest BCUT2D eigenvalue weighted by atomic mass is 10.2. The van der Waals surface area contributed by atoms with E-state index in [1.807, 2.05) is 6.07 Å². The van der Waals surface area contributed by atoms with E-state index in [0.29, 0.717) is 17.8 Å². The number of hydrogen-bond donors (Lipinski definition) is 3. The monoisotopic (exact) mass is 544 g/mol. The Kier molecular flexibility index (Phi) is 8.19. The molecule has 3 N–H and O–H groups in total. The summed E-state index contributed by atoms with van der Waals surface area (Å²) in [6.45, 7) is 0.0611. The molecule has 184 valence electrons. The molecule has 0 saturated heterocycles. The van der Waals surface area contributed by atoms with Gasteiger partial charge in [-0.05, 0) is 35.4 Å². The number of hydroxylamine groups is 1. The van der Waals surface area contributed by atoms with Gasteiger partial charge >= 0.3 is 6.18 Å². The van der Waals surface area contributed by atoms with E-state index in [2.05, 4.69) is 5.10 Å². The van der Waals surface area contributed by atoms with Crippen LogP contribution in [0.3, 0.4) is 0 Å². The van der Waals surface area contributed by atoms with Gasteiger partial charge in [0.05, 0.1) is 28.1 Å². The van der Waals surface area contributed by atoms with Crippen LogP contribution < -0.4 is 10.4 Å². The summed E-state index contributed by atoms with van der Waals surface area (Å²) >= 11 is 10.7. The number of para-hydroxylation sites is 1. The van der Waals surface area contributed by atoms with E-state index in [-0.39, 0.29) is 35.1 Å². The van der Waals surface area contributed by atoms with Gasteiger partial charge < -0.3 is 9.45 Å². The van der Waals surface area contributed by atoms with Crippen molar-refractivity contribution >= 4 is 51.7 Å². The number of alkyl halides is 3. The standard InChI is InChI=1S/C21H17Cl2F3N6O2S/c1-35(34)18-16(19(28)30-33)29-32(17-14(22)10-12(11-15(17)23)21(24,25)26)20(18)31(9-5-8-27)13-6-3-2-4-7-13/h2-4,6-7,10-11,33H,5,9H2,1H3,(H2,28,30). The van der Waals surface area contributed by atoms with Gasteiger partial charge in [0, 0.05) is 12.2 Å². The Morgan fingerprint density at radius 3 is 2.37 bits per heavy atom. The summed E-state index contributed by atoms with van der Waals surface area (Å²) in [7, 11) is 0. The van der Waals surface area contributed by atoms with Crippen molar-refractivity contribution in [2.24, 2.45) is 0 Å². The summed E-state index contributed by atoms with van der Waals surface area (Å²) in [4.78, 5) is 1.52. The van der Waals surface area contributed by atoms with Gasteiger partial charge in [-0.25, -0.2) is 4.68 Å². The molecule has 1 aromatic heterocycles. The molecule has 0 fully saturated rings. The molecule has 3 aromatic rings. The van der Waals surface area contributed by atoms with Crippen LogP contribution >= 0.6 is 23.2 Å². The fourth-order valence-electron chi connectivity index (χ4n) is 3.33. The van der Waals surface area contributed by atoms with Crippen molar-refractivity contribution in [3.8, 4) is 11.8 Å². The Labute approximate surface area is 211 Å². The number of nitrogens with one attached hydrogen (secondary N) is 2. The highest BCUT2D eigenvalue weighted by atomic mass is 35.5. The van der Waals surface area contributed by atoms with Crippen molar-refractivity contribution in [3.63, 3.8) is 0 Å². The summed E-state index contributed by atoms with van der Waals surface area (Å²) in [6, 6.07) is 11.9. The molecule has 14 heteroatoms. The lowest BCUT2D eigenvalue weighted by Crippen LogP contribution is -2.24. The summed E-state index contributed by atoms with van der Waals surface area (Å²) in [5.41, 5.74) is 0.659. The maximum absolute atomic E-state index is 13.3. The molecule has 1 heterocycles. The molecule has 0 spiro atoms. The smallest absolute Gasteiger partial charge is 0.416 e. The van der Waals surface area contributed by atoms with Crippen molar-refractivity contribution in [2.75, 3.05) is 17.7 Å². The largest absolute Gasteiger partial charge is 0.611 e. The molecule has 1 unspecified atom stereocenters. The van der Waals surface area contributed by atoms with E-state index in [1.54, 1.807) is 40.7 Å². The van der Waals surface area contributed by atoms with Gasteiger partial charge in [0.2, 0.25) is 4.90 Å². The van der Waals surface area contributed by atoms with Crippen LogP contribution in [0.4, 0.5) is 24.7 Å². The molecule has 0 bridgehead atoms. The molecule has 2 aromatic carbocycles. The third-order valence-corrected chi connectivity index (χ3v) is 6.31. The normalized spacial score (nSPS) is 12.2. The van der Waals surface area contributed by atoms with Gasteiger partial charge in [-0.1, -0.05) is 41.4 Å². The average molecular weight is 545 g/mol. The Bertz CT molecular complexity index is 1260. The highest BCUT2D eigenvalue weighted by molar-refractivity contribution is 7.91. The molecule has 0 amide bonds. The van der Waals surface area contributed by atoms with E-state index in [9.17, 15) is 28.2 Å². The lowest BCUT2D eigenvalue weighted by Gasteiger charge is -2.26. The van der Waals surface area contributed by atoms with Crippen LogP contribution in [0.1, 0.15) is 17.7 Å². The second-order valence-electron chi connectivity index (χ2n) is 7.04. The SMILES string of the molecule is C[S+]([O-])c1c(C(=N)NO)nn(-c2c(Cl)cc(C(F)(F)F)cc2Cl)c1N(CCC#N)c1ccccc1. The summed E-state index contributed by atoms with van der Waals surface area (Å²) in [6.07, 6.45) is -3.40. The molecule has 35 heavy (non-hydrogen) atoms. The van der Waals surface area contributed by atoms with Crippen molar-refractivity contribution in [3.05, 3.63) is 63.8 Å². The number of benzene rings is 2. The van der Waals surface area contributed by atoms with Crippen LogP contribution in [0, 0.1) is 16.7 Å². The number of hydrogen-bond acceptors (Lipinski definition) is 6. The van der Waals surface area contributed by atoms with E-state index in [4.69, 9.17) is 28.6 Å². The van der Waals surface area contributed by atoms with Gasteiger partial charge in [-0.15, -0.1) is 0 Å². The Balaban J connectivity index is 2.42. The van der Waals surface area contributed by atoms with Crippen LogP contribution in [0.15, 0.2) is 47.4 Å². The fourth-order valence-corrected chi connectivity index (χ4v) is 4.84. The zero-order valence-corrected chi connectivity index (χ0v) is 20.2. The molecule has 0 aliphatic heterocycles. The Morgan fingerprint density at radius 2 is 1.89 bits per heavy atom. The van der Waals surface area contributed by atoms with Crippen LogP contribution in [0.25, 0.3) is 5.69 Å². The number of rotatable bonds is 7. The first kappa shape index (κ1) is 26.7. The predicted octanol–water partition coefficient (Wildman–Crippen LogP) is 5.29. The van der Waals surface area contributed by atoms with Crippen molar-refractivity contribution in [2.45, 2.75) is 17.5 Å². The van der Waals surface area contributed by atoms with Crippen LogP contribution in [0.5, 0.6) is 0 Å². The lowest BCUT2D eigenvalue weighted by molar-refractivity contribution is -0.137. The first-order chi connectivity index (χ1) is 16.5. The average Bonchev–Trinajstić information content (AvgIpc) is 3.18. The zero-order valence-electron chi connectivity index (χ0n) is 17.9. The quantitative estimate of drug-likeness (QED) is 0.160. The van der Waals surface area contributed by atoms with Gasteiger partial charge in [0.1, 0.15) is 11.9 Å². The molecule has 1 atom stereocenters. The van der Waals surface area contributed by atoms with Crippen molar-refractivity contribution in [1.82, 2.24) is 15.3 Å². The molecular weight excluding hydrogens is 528 g/mol. The summed E-state index contributed by atoms with van der Waals surface area (Å²) in [5, 5.41) is 30.0. The number of amidine groups is 1. The number of aromatic nitrogens is 2. The Morgan fingerprint density at radius 1 is 1.29 bits per heavy atom. The van der Waals surface area contributed by atoms with Gasteiger partial charge in [0.15, 0.2) is 17.3 Å². The number of nitrogens with zero attached hydrogens (tertiary/aromatic N) is 4. The zero-order chi connectivity index (χ0) is 25.9. The predicted molar refractivity (Wildman–Crippen MR) is 126 cm³/mol. The number of halogens is 5. The second-order valence-corrected chi connectivity index (χ2v) is 9.17. The molecule has 3 rings (SSSR count). The second kappa shape index (κ2) is 10.8. The first-order valence-corrected chi connectivity index (χ1v) is 12.0. The third-order valence-electron chi connectivity index (χ3n) is 4.78. The minimum absolute atomic E-state index is 0.00929. The molecule has 0 aliphatic rings. The highest BCUT2D eigenvalue weighted by Gasteiger charge is 2.36. The van der Waals surface area contributed by atoms with Gasteiger partial charge in [0.25, 0.3) is 0 Å². The highest BCUT2D eigenvalue weighted by Crippen LogP contribution is 2.42.